The SMILES string of the molecule is CC(C)C1CCC2(CC1)OCC(CBr)O2. The molecule has 1 saturated carbocycles. The standard InChI is InChI=1S/C12H21BrO2/c1-9(2)10-3-5-12(6-4-10)14-8-11(7-13)15-12/h9-11H,3-8H2,1-2H3. The van der Waals surface area contributed by atoms with E-state index in [0.717, 1.165) is 36.6 Å². The van der Waals surface area contributed by atoms with Gasteiger partial charge in [-0.2, -0.15) is 0 Å². The van der Waals surface area contributed by atoms with Crippen LogP contribution in [0.4, 0.5) is 0 Å². The largest absolute Gasteiger partial charge is 0.347 e. The van der Waals surface area contributed by atoms with Gasteiger partial charge in [-0.25, -0.2) is 0 Å². The Morgan fingerprint density at radius 1 is 1.33 bits per heavy atom. The third-order valence-corrected chi connectivity index (χ3v) is 4.54. The molecule has 0 aromatic rings. The number of ether oxygens (including phenoxy) is 2. The van der Waals surface area contributed by atoms with Gasteiger partial charge in [0.15, 0.2) is 5.79 Å². The van der Waals surface area contributed by atoms with Crippen molar-refractivity contribution in [2.24, 2.45) is 11.8 Å². The van der Waals surface area contributed by atoms with Gasteiger partial charge in [-0.1, -0.05) is 29.8 Å². The summed E-state index contributed by atoms with van der Waals surface area (Å²) in [5, 5.41) is 0.891. The highest BCUT2D eigenvalue weighted by atomic mass is 79.9. The molecule has 3 heteroatoms. The molecule has 1 heterocycles. The van der Waals surface area contributed by atoms with Gasteiger partial charge in [0.1, 0.15) is 0 Å². The summed E-state index contributed by atoms with van der Waals surface area (Å²) in [4.78, 5) is 0. The molecule has 2 aliphatic rings. The lowest BCUT2D eigenvalue weighted by molar-refractivity contribution is -0.192. The minimum absolute atomic E-state index is 0.218. The molecule has 1 spiro atoms. The van der Waals surface area contributed by atoms with E-state index < -0.39 is 0 Å². The average molecular weight is 277 g/mol. The van der Waals surface area contributed by atoms with E-state index in [4.69, 9.17) is 9.47 Å². The van der Waals surface area contributed by atoms with Crippen LogP contribution in [0.1, 0.15) is 39.5 Å². The third kappa shape index (κ3) is 2.56. The first-order valence-electron chi connectivity index (χ1n) is 6.03. The van der Waals surface area contributed by atoms with Gasteiger partial charge in [0.05, 0.1) is 12.7 Å². The molecule has 1 atom stereocenters. The highest BCUT2D eigenvalue weighted by molar-refractivity contribution is 9.09. The number of hydrogen-bond acceptors (Lipinski definition) is 2. The fourth-order valence-corrected chi connectivity index (χ4v) is 3.02. The lowest BCUT2D eigenvalue weighted by atomic mass is 9.79. The number of halogens is 1. The molecule has 1 aliphatic heterocycles. The lowest BCUT2D eigenvalue weighted by Crippen LogP contribution is -2.37. The van der Waals surface area contributed by atoms with E-state index in [0.29, 0.717) is 0 Å². The molecule has 1 saturated heterocycles. The van der Waals surface area contributed by atoms with Gasteiger partial charge in [0, 0.05) is 18.2 Å². The molecular formula is C12H21BrO2. The molecule has 1 aliphatic carbocycles. The van der Waals surface area contributed by atoms with E-state index >= 15 is 0 Å². The predicted molar refractivity (Wildman–Crippen MR) is 64.1 cm³/mol. The molecule has 0 radical (unpaired) electrons. The summed E-state index contributed by atoms with van der Waals surface area (Å²) < 4.78 is 11.9. The second kappa shape index (κ2) is 4.72. The molecule has 0 aromatic carbocycles. The Kier molecular flexibility index (Phi) is 3.74. The van der Waals surface area contributed by atoms with E-state index in [1.807, 2.05) is 0 Å². The first-order chi connectivity index (χ1) is 7.15. The molecule has 15 heavy (non-hydrogen) atoms. The van der Waals surface area contributed by atoms with E-state index in [2.05, 4.69) is 29.8 Å². The van der Waals surface area contributed by atoms with Crippen molar-refractivity contribution in [3.05, 3.63) is 0 Å². The number of rotatable bonds is 2. The Morgan fingerprint density at radius 2 is 2.00 bits per heavy atom. The molecule has 1 unspecified atom stereocenters. The molecule has 0 N–H and O–H groups in total. The molecule has 2 nitrogen and oxygen atoms in total. The van der Waals surface area contributed by atoms with E-state index in [1.165, 1.54) is 12.8 Å². The zero-order valence-electron chi connectivity index (χ0n) is 9.67. The van der Waals surface area contributed by atoms with Crippen molar-refractivity contribution in [3.63, 3.8) is 0 Å². The summed E-state index contributed by atoms with van der Waals surface area (Å²) in [5.74, 6) is 1.45. The molecule has 2 fully saturated rings. The highest BCUT2D eigenvalue weighted by Crippen LogP contribution is 2.42. The minimum atomic E-state index is -0.218. The molecule has 0 aromatic heterocycles. The van der Waals surface area contributed by atoms with E-state index in [9.17, 15) is 0 Å². The molecule has 2 rings (SSSR count). The van der Waals surface area contributed by atoms with Crippen LogP contribution in [0, 0.1) is 11.8 Å². The van der Waals surface area contributed by atoms with Gasteiger partial charge >= 0.3 is 0 Å². The summed E-state index contributed by atoms with van der Waals surface area (Å²) >= 11 is 3.46. The number of hydrogen-bond donors (Lipinski definition) is 0. The van der Waals surface area contributed by atoms with Crippen LogP contribution in [0.3, 0.4) is 0 Å². The maximum Gasteiger partial charge on any atom is 0.168 e. The van der Waals surface area contributed by atoms with Crippen molar-refractivity contribution in [1.29, 1.82) is 0 Å². The topological polar surface area (TPSA) is 18.5 Å². The van der Waals surface area contributed by atoms with Crippen molar-refractivity contribution >= 4 is 15.9 Å². The zero-order chi connectivity index (χ0) is 10.9. The summed E-state index contributed by atoms with van der Waals surface area (Å²) in [6.07, 6.45) is 4.94. The Balaban J connectivity index is 1.87. The van der Waals surface area contributed by atoms with Gasteiger partial charge in [0.2, 0.25) is 0 Å². The predicted octanol–water partition coefficient (Wildman–Crippen LogP) is 3.34. The Morgan fingerprint density at radius 3 is 2.47 bits per heavy atom. The van der Waals surface area contributed by atoms with E-state index in [1.54, 1.807) is 0 Å². The lowest BCUT2D eigenvalue weighted by Gasteiger charge is -2.37. The van der Waals surface area contributed by atoms with Gasteiger partial charge in [-0.3, -0.25) is 0 Å². The van der Waals surface area contributed by atoms with Crippen LogP contribution >= 0.6 is 15.9 Å². The van der Waals surface area contributed by atoms with Crippen LogP contribution in [0.2, 0.25) is 0 Å². The van der Waals surface area contributed by atoms with Crippen LogP contribution in [0.5, 0.6) is 0 Å². The van der Waals surface area contributed by atoms with Crippen molar-refractivity contribution in [2.45, 2.75) is 51.4 Å². The second-order valence-electron chi connectivity index (χ2n) is 5.20. The Hall–Kier alpha value is 0.400. The fraction of sp³-hybridized carbons (Fsp3) is 1.00. The smallest absolute Gasteiger partial charge is 0.168 e. The molecule has 0 amide bonds. The minimum Gasteiger partial charge on any atom is -0.347 e. The summed E-state index contributed by atoms with van der Waals surface area (Å²) in [6, 6.07) is 0. The van der Waals surface area contributed by atoms with Gasteiger partial charge < -0.3 is 9.47 Å². The fourth-order valence-electron chi connectivity index (χ4n) is 2.70. The van der Waals surface area contributed by atoms with Crippen LogP contribution in [-0.4, -0.2) is 23.8 Å². The van der Waals surface area contributed by atoms with Crippen LogP contribution in [0.15, 0.2) is 0 Å². The highest BCUT2D eigenvalue weighted by Gasteiger charge is 2.44. The first kappa shape index (κ1) is 11.9. The average Bonchev–Trinajstić information content (AvgIpc) is 2.62. The maximum absolute atomic E-state index is 6.00. The van der Waals surface area contributed by atoms with Gasteiger partial charge in [-0.05, 0) is 24.7 Å². The van der Waals surface area contributed by atoms with Crippen LogP contribution in [-0.2, 0) is 9.47 Å². The molecule has 88 valence electrons. The second-order valence-corrected chi connectivity index (χ2v) is 5.84. The monoisotopic (exact) mass is 276 g/mol. The molecule has 0 bridgehead atoms. The van der Waals surface area contributed by atoms with Crippen molar-refractivity contribution in [1.82, 2.24) is 0 Å². The van der Waals surface area contributed by atoms with Crippen LogP contribution in [0.25, 0.3) is 0 Å². The van der Waals surface area contributed by atoms with Crippen molar-refractivity contribution in [3.8, 4) is 0 Å². The summed E-state index contributed by atoms with van der Waals surface area (Å²) in [7, 11) is 0. The Labute approximate surface area is 101 Å². The van der Waals surface area contributed by atoms with E-state index in [-0.39, 0.29) is 11.9 Å². The zero-order valence-corrected chi connectivity index (χ0v) is 11.3. The van der Waals surface area contributed by atoms with Gasteiger partial charge in [-0.15, -0.1) is 0 Å². The first-order valence-corrected chi connectivity index (χ1v) is 7.15. The quantitative estimate of drug-likeness (QED) is 0.721. The Bertz CT molecular complexity index is 210. The van der Waals surface area contributed by atoms with Crippen LogP contribution < -0.4 is 0 Å². The normalized spacial score (nSPS) is 41.6. The summed E-state index contributed by atoms with van der Waals surface area (Å²) in [6.45, 7) is 5.40. The molecular weight excluding hydrogens is 256 g/mol. The number of alkyl halides is 1. The third-order valence-electron chi connectivity index (χ3n) is 3.82. The summed E-state index contributed by atoms with van der Waals surface area (Å²) in [5.41, 5.74) is 0. The van der Waals surface area contributed by atoms with Crippen molar-refractivity contribution in [2.75, 3.05) is 11.9 Å². The van der Waals surface area contributed by atoms with Gasteiger partial charge in [0.25, 0.3) is 0 Å². The van der Waals surface area contributed by atoms with Crippen molar-refractivity contribution < 1.29 is 9.47 Å². The maximum atomic E-state index is 6.00.